The third-order valence-electron chi connectivity index (χ3n) is 4.06. The fraction of sp³-hybridized carbons (Fsp3) is 0.292. The lowest BCUT2D eigenvalue weighted by molar-refractivity contribution is -0.138. The molecule has 0 aromatic heterocycles. The second-order valence-electron chi connectivity index (χ2n) is 7.47. The van der Waals surface area contributed by atoms with Gasteiger partial charge in [-0.15, -0.1) is 0 Å². The molecule has 0 aliphatic heterocycles. The molecule has 6 nitrogen and oxygen atoms in total. The van der Waals surface area contributed by atoms with Crippen molar-refractivity contribution in [3.05, 3.63) is 65.2 Å². The normalized spacial score (nSPS) is 11.4. The molecule has 6 heteroatoms. The number of carbonyl (C=O) groups is 2. The van der Waals surface area contributed by atoms with E-state index in [1.165, 1.54) is 6.08 Å². The van der Waals surface area contributed by atoms with E-state index in [0.717, 1.165) is 5.56 Å². The Morgan fingerprint density at radius 3 is 2.50 bits per heavy atom. The zero-order valence-electron chi connectivity index (χ0n) is 17.6. The number of para-hydroxylation sites is 1. The third kappa shape index (κ3) is 6.49. The summed E-state index contributed by atoms with van der Waals surface area (Å²) in [5.41, 5.74) is 1.26. The molecule has 0 saturated carbocycles. The van der Waals surface area contributed by atoms with Gasteiger partial charge in [0.15, 0.2) is 6.61 Å². The molecule has 0 fully saturated rings. The Kier molecular flexibility index (Phi) is 7.76. The van der Waals surface area contributed by atoms with E-state index in [1.54, 1.807) is 31.2 Å². The molecule has 0 heterocycles. The van der Waals surface area contributed by atoms with Crippen LogP contribution >= 0.6 is 0 Å². The van der Waals surface area contributed by atoms with Crippen molar-refractivity contribution < 1.29 is 23.8 Å². The van der Waals surface area contributed by atoms with Crippen LogP contribution in [0.3, 0.4) is 0 Å². The molecule has 0 saturated heterocycles. The summed E-state index contributed by atoms with van der Waals surface area (Å²) in [6.07, 6.45) is 1.38. The van der Waals surface area contributed by atoms with E-state index in [9.17, 15) is 9.59 Å². The molecule has 2 rings (SSSR count). The van der Waals surface area contributed by atoms with Gasteiger partial charge in [-0.25, -0.2) is 9.59 Å². The van der Waals surface area contributed by atoms with Crippen LogP contribution < -0.4 is 9.47 Å². The Bertz CT molecular complexity index is 980. The number of carbonyl (C=O) groups excluding carboxylic acids is 2. The highest BCUT2D eigenvalue weighted by atomic mass is 16.6. The predicted molar refractivity (Wildman–Crippen MR) is 113 cm³/mol. The van der Waals surface area contributed by atoms with Crippen LogP contribution in [0.2, 0.25) is 0 Å². The first-order valence-corrected chi connectivity index (χ1v) is 9.56. The van der Waals surface area contributed by atoms with Crippen molar-refractivity contribution >= 4 is 18.0 Å². The number of nitrogens with zero attached hydrogens (tertiary/aromatic N) is 1. The van der Waals surface area contributed by atoms with E-state index in [1.807, 2.05) is 30.3 Å². The molecular weight excluding hydrogens is 382 g/mol. The smallest absolute Gasteiger partial charge is 0.349 e. The van der Waals surface area contributed by atoms with Crippen molar-refractivity contribution in [1.29, 1.82) is 5.26 Å². The average molecular weight is 407 g/mol. The molecule has 0 radical (unpaired) electrons. The maximum atomic E-state index is 12.2. The monoisotopic (exact) mass is 407 g/mol. The number of nitriles is 1. The number of esters is 2. The molecule has 30 heavy (non-hydrogen) atoms. The number of rotatable bonds is 7. The van der Waals surface area contributed by atoms with Gasteiger partial charge in [0, 0.05) is 0 Å². The van der Waals surface area contributed by atoms with Gasteiger partial charge in [0.25, 0.3) is 0 Å². The fourth-order valence-corrected chi connectivity index (χ4v) is 2.69. The molecule has 2 aromatic rings. The fourth-order valence-electron chi connectivity index (χ4n) is 2.69. The van der Waals surface area contributed by atoms with Crippen molar-refractivity contribution in [2.45, 2.75) is 33.1 Å². The van der Waals surface area contributed by atoms with E-state index in [-0.39, 0.29) is 30.0 Å². The van der Waals surface area contributed by atoms with Crippen molar-refractivity contribution in [2.24, 2.45) is 0 Å². The first-order valence-electron chi connectivity index (χ1n) is 9.56. The van der Waals surface area contributed by atoms with Crippen molar-refractivity contribution in [2.75, 3.05) is 13.2 Å². The second kappa shape index (κ2) is 10.3. The minimum Gasteiger partial charge on any atom is -0.482 e. The zero-order chi connectivity index (χ0) is 22.1. The van der Waals surface area contributed by atoms with E-state index < -0.39 is 11.9 Å². The second-order valence-corrected chi connectivity index (χ2v) is 7.47. The molecule has 156 valence electrons. The first-order chi connectivity index (χ1) is 14.2. The summed E-state index contributed by atoms with van der Waals surface area (Å²) in [6, 6.07) is 15.9. The van der Waals surface area contributed by atoms with Crippen LogP contribution in [0.1, 0.15) is 38.8 Å². The lowest BCUT2D eigenvalue weighted by Crippen LogP contribution is -2.20. The number of ether oxygens (including phenoxy) is 3. The molecule has 0 aliphatic carbocycles. The van der Waals surface area contributed by atoms with Gasteiger partial charge >= 0.3 is 11.9 Å². The highest BCUT2D eigenvalue weighted by molar-refractivity contribution is 5.97. The minimum absolute atomic E-state index is 0.126. The quantitative estimate of drug-likeness (QED) is 0.292. The number of benzene rings is 2. The molecule has 0 bridgehead atoms. The van der Waals surface area contributed by atoms with Gasteiger partial charge in [0.05, 0.1) is 6.61 Å². The third-order valence-corrected chi connectivity index (χ3v) is 4.06. The highest BCUT2D eigenvalue weighted by Crippen LogP contribution is 2.30. The largest absolute Gasteiger partial charge is 0.482 e. The first kappa shape index (κ1) is 22.7. The van der Waals surface area contributed by atoms with Crippen molar-refractivity contribution in [1.82, 2.24) is 0 Å². The molecule has 0 atom stereocenters. The zero-order valence-corrected chi connectivity index (χ0v) is 17.6. The molecule has 0 amide bonds. The van der Waals surface area contributed by atoms with Gasteiger partial charge in [-0.3, -0.25) is 0 Å². The summed E-state index contributed by atoms with van der Waals surface area (Å²) in [5, 5.41) is 9.14. The van der Waals surface area contributed by atoms with Gasteiger partial charge in [-0.1, -0.05) is 51.1 Å². The lowest BCUT2D eigenvalue weighted by Gasteiger charge is -2.22. The Balaban J connectivity index is 2.06. The van der Waals surface area contributed by atoms with Crippen LogP contribution in [-0.2, 0) is 19.7 Å². The molecule has 0 aliphatic rings. The molecule has 0 unspecified atom stereocenters. The molecule has 0 spiro atoms. The van der Waals surface area contributed by atoms with Gasteiger partial charge in [0.2, 0.25) is 0 Å². The van der Waals surface area contributed by atoms with Gasteiger partial charge in [-0.2, -0.15) is 5.26 Å². The molecule has 0 N–H and O–H groups in total. The van der Waals surface area contributed by atoms with Gasteiger partial charge in [-0.05, 0) is 47.7 Å². The molecular formula is C24H25NO5. The summed E-state index contributed by atoms with van der Waals surface area (Å²) in [4.78, 5) is 24.0. The Labute approximate surface area is 176 Å². The standard InChI is InChI=1S/C24H25NO5/c1-5-28-23(27)18(15-25)13-17-9-8-10-19(14-17)30-22(26)16-29-21-12-7-6-11-20(21)24(2,3)4/h6-14H,5,16H2,1-4H3/b18-13+. The maximum absolute atomic E-state index is 12.2. The predicted octanol–water partition coefficient (Wildman–Crippen LogP) is 4.44. The summed E-state index contributed by atoms with van der Waals surface area (Å²) in [7, 11) is 0. The summed E-state index contributed by atoms with van der Waals surface area (Å²) in [5.74, 6) is -0.353. The Hall–Kier alpha value is -3.59. The highest BCUT2D eigenvalue weighted by Gasteiger charge is 2.19. The minimum atomic E-state index is -0.701. The maximum Gasteiger partial charge on any atom is 0.349 e. The average Bonchev–Trinajstić information content (AvgIpc) is 2.70. The topological polar surface area (TPSA) is 85.6 Å². The van der Waals surface area contributed by atoms with Crippen LogP contribution in [0, 0.1) is 11.3 Å². The van der Waals surface area contributed by atoms with Crippen LogP contribution in [-0.4, -0.2) is 25.2 Å². The van der Waals surface area contributed by atoms with Crippen LogP contribution in [0.15, 0.2) is 54.1 Å². The SMILES string of the molecule is CCOC(=O)/C(C#N)=C/c1cccc(OC(=O)COc2ccccc2C(C)(C)C)c1. The number of hydrogen-bond acceptors (Lipinski definition) is 6. The van der Waals surface area contributed by atoms with Crippen molar-refractivity contribution in [3.8, 4) is 17.6 Å². The van der Waals surface area contributed by atoms with Crippen LogP contribution in [0.25, 0.3) is 6.08 Å². The van der Waals surface area contributed by atoms with E-state index >= 15 is 0 Å². The van der Waals surface area contributed by atoms with E-state index in [4.69, 9.17) is 19.5 Å². The van der Waals surface area contributed by atoms with Gasteiger partial charge < -0.3 is 14.2 Å². The summed E-state index contributed by atoms with van der Waals surface area (Å²) >= 11 is 0. The van der Waals surface area contributed by atoms with E-state index in [0.29, 0.717) is 11.3 Å². The lowest BCUT2D eigenvalue weighted by atomic mass is 9.86. The van der Waals surface area contributed by atoms with E-state index in [2.05, 4.69) is 20.8 Å². The van der Waals surface area contributed by atoms with Crippen LogP contribution in [0.5, 0.6) is 11.5 Å². The summed E-state index contributed by atoms with van der Waals surface area (Å²) < 4.78 is 15.8. The molecule has 2 aromatic carbocycles. The Morgan fingerprint density at radius 2 is 1.83 bits per heavy atom. The van der Waals surface area contributed by atoms with Crippen LogP contribution in [0.4, 0.5) is 0 Å². The van der Waals surface area contributed by atoms with Gasteiger partial charge in [0.1, 0.15) is 23.1 Å². The summed E-state index contributed by atoms with van der Waals surface area (Å²) in [6.45, 7) is 7.79. The Morgan fingerprint density at radius 1 is 1.10 bits per heavy atom. The van der Waals surface area contributed by atoms with Crippen molar-refractivity contribution in [3.63, 3.8) is 0 Å². The number of hydrogen-bond donors (Lipinski definition) is 0.